The monoisotopic (exact) mass is 604 g/mol. The van der Waals surface area contributed by atoms with Crippen molar-refractivity contribution in [2.75, 3.05) is 9.80 Å². The third-order valence-electron chi connectivity index (χ3n) is 9.54. The molecule has 0 spiro atoms. The highest BCUT2D eigenvalue weighted by molar-refractivity contribution is 7.26. The van der Waals surface area contributed by atoms with Crippen molar-refractivity contribution in [3.8, 4) is 11.1 Å². The van der Waals surface area contributed by atoms with E-state index in [4.69, 9.17) is 0 Å². The summed E-state index contributed by atoms with van der Waals surface area (Å²) in [5.74, 6) is 0. The van der Waals surface area contributed by atoms with Crippen LogP contribution >= 0.6 is 11.3 Å². The van der Waals surface area contributed by atoms with E-state index in [1.165, 1.54) is 81.6 Å². The number of benzene rings is 7. The zero-order valence-corrected chi connectivity index (χ0v) is 25.8. The van der Waals surface area contributed by atoms with Crippen molar-refractivity contribution in [3.63, 3.8) is 0 Å². The van der Waals surface area contributed by atoms with Crippen LogP contribution in [0, 0.1) is 0 Å². The molecule has 0 N–H and O–H groups in total. The number of anilines is 6. The van der Waals surface area contributed by atoms with Crippen LogP contribution in [0.5, 0.6) is 0 Å². The van der Waals surface area contributed by atoms with Crippen LogP contribution in [0.25, 0.3) is 48.1 Å². The highest BCUT2D eigenvalue weighted by Gasteiger charge is 2.35. The van der Waals surface area contributed by atoms with E-state index in [0.29, 0.717) is 0 Å². The second kappa shape index (κ2) is 9.93. The Kier molecular flexibility index (Phi) is 5.54. The lowest BCUT2D eigenvalue weighted by Crippen LogP contribution is -2.25. The third kappa shape index (κ3) is 3.70. The molecule has 0 saturated heterocycles. The van der Waals surface area contributed by atoms with Gasteiger partial charge in [-0.2, -0.15) is 0 Å². The minimum atomic E-state index is 0.884. The van der Waals surface area contributed by atoms with Gasteiger partial charge in [-0.15, -0.1) is 11.3 Å². The first kappa shape index (κ1) is 25.7. The summed E-state index contributed by atoms with van der Waals surface area (Å²) in [6, 6.07) is 53.4. The molecule has 0 radical (unpaired) electrons. The molecule has 0 amide bonds. The maximum Gasteiger partial charge on any atom is 0.0745 e. The first-order chi connectivity index (χ1) is 22.8. The molecule has 0 atom stereocenters. The molecule has 10 rings (SSSR count). The summed E-state index contributed by atoms with van der Waals surface area (Å²) in [5.41, 5.74) is 12.3. The lowest BCUT2D eigenvalue weighted by atomic mass is 9.88. The van der Waals surface area contributed by atoms with E-state index in [2.05, 4.69) is 168 Å². The summed E-state index contributed by atoms with van der Waals surface area (Å²) in [6.07, 6.45) is 5.50. The average Bonchev–Trinajstić information content (AvgIpc) is 3.51. The molecular weight excluding hydrogens is 577 g/mol. The lowest BCUT2D eigenvalue weighted by molar-refractivity contribution is 1.14. The van der Waals surface area contributed by atoms with Crippen LogP contribution in [0.3, 0.4) is 0 Å². The van der Waals surface area contributed by atoms with Crippen molar-refractivity contribution in [1.82, 2.24) is 0 Å². The van der Waals surface area contributed by atoms with Crippen molar-refractivity contribution in [1.29, 1.82) is 0 Å². The highest BCUT2D eigenvalue weighted by Crippen LogP contribution is 2.59. The zero-order chi connectivity index (χ0) is 30.2. The number of fused-ring (bicyclic) bond motifs is 6. The first-order valence-electron chi connectivity index (χ1n) is 15.8. The summed E-state index contributed by atoms with van der Waals surface area (Å²) in [4.78, 5) is 5.06. The maximum absolute atomic E-state index is 2.54. The Morgan fingerprint density at radius 3 is 2.20 bits per heavy atom. The molecule has 2 heterocycles. The van der Waals surface area contributed by atoms with E-state index < -0.39 is 0 Å². The Hall–Kier alpha value is -5.64. The molecule has 2 aliphatic rings. The van der Waals surface area contributed by atoms with Crippen LogP contribution in [0.15, 0.2) is 152 Å². The Balaban J connectivity index is 1.35. The van der Waals surface area contributed by atoms with E-state index in [0.717, 1.165) is 12.1 Å². The van der Waals surface area contributed by atoms with Crippen LogP contribution in [0.1, 0.15) is 11.1 Å². The number of hydrogen-bond acceptors (Lipinski definition) is 3. The summed E-state index contributed by atoms with van der Waals surface area (Å²) >= 11 is 1.89. The Labute approximate surface area is 271 Å². The second-order valence-corrected chi connectivity index (χ2v) is 13.2. The van der Waals surface area contributed by atoms with Gasteiger partial charge in [-0.05, 0) is 81.9 Å². The number of hydrogen-bond donors (Lipinski definition) is 0. The molecule has 0 bridgehead atoms. The van der Waals surface area contributed by atoms with Crippen LogP contribution in [0.4, 0.5) is 34.1 Å². The summed E-state index contributed by atoms with van der Waals surface area (Å²) in [7, 11) is 0. The minimum Gasteiger partial charge on any atom is -0.306 e. The van der Waals surface area contributed by atoms with Gasteiger partial charge in [-0.3, -0.25) is 0 Å². The van der Waals surface area contributed by atoms with Gasteiger partial charge in [-0.25, -0.2) is 0 Å². The van der Waals surface area contributed by atoms with Gasteiger partial charge in [0.2, 0.25) is 0 Å². The fourth-order valence-corrected chi connectivity index (χ4v) is 8.78. The Bertz CT molecular complexity index is 2510. The van der Waals surface area contributed by atoms with Gasteiger partial charge in [0.05, 0.1) is 33.1 Å². The molecule has 0 fully saturated rings. The predicted molar refractivity (Wildman–Crippen MR) is 198 cm³/mol. The molecule has 3 heteroatoms. The van der Waals surface area contributed by atoms with Crippen molar-refractivity contribution in [2.24, 2.45) is 0 Å². The molecule has 1 aliphatic heterocycles. The molecule has 8 aromatic rings. The topological polar surface area (TPSA) is 6.48 Å². The number of allylic oxidation sites excluding steroid dienone is 1. The standard InChI is InChI=1S/C43H28N2S/c1-3-12-28(13-4-1)30-24-25-36-38(26-30)44(32-17-5-2-6-18-32)42-35-21-10-15-29-14-9-16-31(41(29)35)27-39(42)45(36)37-22-11-20-34-33-19-7-8-23-40(33)46-43(34)37/h1-20,22-27H,21H2. The Morgan fingerprint density at radius 2 is 1.30 bits per heavy atom. The maximum atomic E-state index is 2.54. The van der Waals surface area contributed by atoms with Crippen LogP contribution < -0.4 is 9.80 Å². The number of para-hydroxylation sites is 1. The van der Waals surface area contributed by atoms with Crippen molar-refractivity contribution >= 4 is 82.5 Å². The molecule has 1 aliphatic carbocycles. The molecular formula is C43H28N2S. The summed E-state index contributed by atoms with van der Waals surface area (Å²) in [5, 5.41) is 5.25. The van der Waals surface area contributed by atoms with Gasteiger partial charge in [0.25, 0.3) is 0 Å². The number of rotatable bonds is 3. The fourth-order valence-electron chi connectivity index (χ4n) is 7.57. The minimum absolute atomic E-state index is 0.884. The van der Waals surface area contributed by atoms with E-state index in [1.807, 2.05) is 11.3 Å². The molecule has 0 unspecified atom stereocenters. The van der Waals surface area contributed by atoms with Crippen LogP contribution in [-0.4, -0.2) is 0 Å². The molecule has 46 heavy (non-hydrogen) atoms. The third-order valence-corrected chi connectivity index (χ3v) is 10.7. The van der Waals surface area contributed by atoms with Crippen molar-refractivity contribution < 1.29 is 0 Å². The first-order valence-corrected chi connectivity index (χ1v) is 16.7. The van der Waals surface area contributed by atoms with E-state index in [1.54, 1.807) is 0 Å². The smallest absolute Gasteiger partial charge is 0.0745 e. The Morgan fingerprint density at radius 1 is 0.522 bits per heavy atom. The van der Waals surface area contributed by atoms with Crippen molar-refractivity contribution in [3.05, 3.63) is 163 Å². The number of thiophene rings is 1. The van der Waals surface area contributed by atoms with Gasteiger partial charge in [0.1, 0.15) is 0 Å². The van der Waals surface area contributed by atoms with Crippen molar-refractivity contribution in [2.45, 2.75) is 6.42 Å². The van der Waals surface area contributed by atoms with Crippen LogP contribution in [0.2, 0.25) is 0 Å². The second-order valence-electron chi connectivity index (χ2n) is 12.1. The largest absolute Gasteiger partial charge is 0.306 e. The fraction of sp³-hybridized carbons (Fsp3) is 0.0233. The van der Waals surface area contributed by atoms with Crippen LogP contribution in [-0.2, 0) is 6.42 Å². The van der Waals surface area contributed by atoms with Gasteiger partial charge < -0.3 is 9.80 Å². The quantitative estimate of drug-likeness (QED) is 0.198. The predicted octanol–water partition coefficient (Wildman–Crippen LogP) is 12.7. The average molecular weight is 605 g/mol. The number of nitrogens with zero attached hydrogens (tertiary/aromatic N) is 2. The molecule has 7 aromatic carbocycles. The summed E-state index contributed by atoms with van der Waals surface area (Å²) < 4.78 is 2.62. The van der Waals surface area contributed by atoms with E-state index in [-0.39, 0.29) is 0 Å². The van der Waals surface area contributed by atoms with Gasteiger partial charge in [0, 0.05) is 21.2 Å². The normalized spacial score (nSPS) is 13.4. The SMILES string of the molecule is C1=Cc2cccc3cc4c(c(c23)C1)N(c1ccccc1)c1cc(-c2ccccc2)ccc1N4c1cccc2c1sc1ccccc12. The van der Waals surface area contributed by atoms with E-state index >= 15 is 0 Å². The molecule has 0 saturated carbocycles. The summed E-state index contributed by atoms with van der Waals surface area (Å²) in [6.45, 7) is 0. The van der Waals surface area contributed by atoms with Gasteiger partial charge in [-0.1, -0.05) is 115 Å². The van der Waals surface area contributed by atoms with E-state index in [9.17, 15) is 0 Å². The molecule has 2 nitrogen and oxygen atoms in total. The van der Waals surface area contributed by atoms with Gasteiger partial charge >= 0.3 is 0 Å². The molecule has 216 valence electrons. The highest BCUT2D eigenvalue weighted by atomic mass is 32.1. The lowest BCUT2D eigenvalue weighted by Gasteiger charge is -2.42. The molecule has 1 aromatic heterocycles. The van der Waals surface area contributed by atoms with Gasteiger partial charge in [0.15, 0.2) is 0 Å². The zero-order valence-electron chi connectivity index (χ0n) is 25.0.